The summed E-state index contributed by atoms with van der Waals surface area (Å²) in [6, 6.07) is 11.9. The molecule has 28 heavy (non-hydrogen) atoms. The lowest BCUT2D eigenvalue weighted by molar-refractivity contribution is 0.128. The number of ether oxygens (including phenoxy) is 2. The van der Waals surface area contributed by atoms with E-state index in [4.69, 9.17) is 32.7 Å². The highest BCUT2D eigenvalue weighted by atomic mass is 35.5. The first-order valence-corrected chi connectivity index (χ1v) is 10.3. The minimum absolute atomic E-state index is 0. The highest BCUT2D eigenvalue weighted by Gasteiger charge is 2.11. The van der Waals surface area contributed by atoms with Gasteiger partial charge in [-0.05, 0) is 44.0 Å². The van der Waals surface area contributed by atoms with Crippen molar-refractivity contribution in [2.75, 3.05) is 19.8 Å². The lowest BCUT2D eigenvalue weighted by Gasteiger charge is -2.15. The first kappa shape index (κ1) is 25.1. The fourth-order valence-corrected chi connectivity index (χ4v) is 3.21. The number of nitrogens with one attached hydrogen (secondary N) is 1. The fraction of sp³-hybridized carbons (Fsp3) is 0.455. The molecule has 0 fully saturated rings. The van der Waals surface area contributed by atoms with Crippen molar-refractivity contribution in [3.05, 3.63) is 63.1 Å². The molecule has 6 heteroatoms. The molecule has 1 N–H and O–H groups in total. The minimum atomic E-state index is 0. The summed E-state index contributed by atoms with van der Waals surface area (Å²) < 4.78 is 11.6. The summed E-state index contributed by atoms with van der Waals surface area (Å²) in [5.41, 5.74) is 3.30. The molecule has 0 aliphatic rings. The molecule has 0 bridgehead atoms. The Morgan fingerprint density at radius 3 is 2.43 bits per heavy atom. The lowest BCUT2D eigenvalue weighted by atomic mass is 10.1. The largest absolute Gasteiger partial charge is 0.487 e. The number of unbranched alkanes of at least 4 members (excludes halogenated alkanes) is 1. The second-order valence-electron chi connectivity index (χ2n) is 6.65. The van der Waals surface area contributed by atoms with Crippen LogP contribution in [0.5, 0.6) is 5.75 Å². The van der Waals surface area contributed by atoms with Gasteiger partial charge >= 0.3 is 0 Å². The van der Waals surface area contributed by atoms with Crippen LogP contribution >= 0.6 is 35.6 Å². The van der Waals surface area contributed by atoms with Gasteiger partial charge in [0.1, 0.15) is 12.4 Å². The highest BCUT2D eigenvalue weighted by molar-refractivity contribution is 6.35. The lowest BCUT2D eigenvalue weighted by Crippen LogP contribution is -2.17. The molecule has 0 aliphatic carbocycles. The van der Waals surface area contributed by atoms with Crippen LogP contribution < -0.4 is 10.1 Å². The van der Waals surface area contributed by atoms with E-state index in [0.717, 1.165) is 43.7 Å². The smallest absolute Gasteiger partial charge is 0.142 e. The normalized spacial score (nSPS) is 10.6. The quantitative estimate of drug-likeness (QED) is 0.373. The van der Waals surface area contributed by atoms with Gasteiger partial charge in [-0.25, -0.2) is 0 Å². The van der Waals surface area contributed by atoms with Gasteiger partial charge < -0.3 is 14.8 Å². The van der Waals surface area contributed by atoms with Crippen LogP contribution in [0.4, 0.5) is 0 Å². The molecule has 0 atom stereocenters. The molecule has 0 radical (unpaired) electrons. The van der Waals surface area contributed by atoms with Crippen LogP contribution in [0.25, 0.3) is 0 Å². The van der Waals surface area contributed by atoms with E-state index in [-0.39, 0.29) is 12.4 Å². The Labute approximate surface area is 185 Å². The first-order chi connectivity index (χ1) is 13.1. The van der Waals surface area contributed by atoms with Crippen LogP contribution in [0.15, 0.2) is 36.4 Å². The van der Waals surface area contributed by atoms with E-state index >= 15 is 0 Å². The zero-order valence-electron chi connectivity index (χ0n) is 16.6. The average Bonchev–Trinajstić information content (AvgIpc) is 2.64. The maximum Gasteiger partial charge on any atom is 0.142 e. The Morgan fingerprint density at radius 1 is 1.00 bits per heavy atom. The Bertz CT molecular complexity index is 693. The van der Waals surface area contributed by atoms with Crippen molar-refractivity contribution in [3.63, 3.8) is 0 Å². The van der Waals surface area contributed by atoms with E-state index in [0.29, 0.717) is 28.9 Å². The molecule has 0 amide bonds. The summed E-state index contributed by atoms with van der Waals surface area (Å²) in [6.07, 6.45) is 3.26. The van der Waals surface area contributed by atoms with Gasteiger partial charge in [-0.3, -0.25) is 0 Å². The molecule has 0 aromatic heterocycles. The topological polar surface area (TPSA) is 30.5 Å². The summed E-state index contributed by atoms with van der Waals surface area (Å²) in [7, 11) is 0. The van der Waals surface area contributed by atoms with Crippen molar-refractivity contribution < 1.29 is 9.47 Å². The summed E-state index contributed by atoms with van der Waals surface area (Å²) in [5, 5.41) is 4.57. The minimum Gasteiger partial charge on any atom is -0.487 e. The molecule has 156 valence electrons. The summed E-state index contributed by atoms with van der Waals surface area (Å²) in [5.74, 6) is 0.688. The maximum absolute atomic E-state index is 6.38. The molecule has 0 aliphatic heterocycles. The summed E-state index contributed by atoms with van der Waals surface area (Å²) >= 11 is 12.6. The Balaban J connectivity index is 0.00000392. The second-order valence-corrected chi connectivity index (χ2v) is 7.49. The standard InChI is InChI=1S/C22H29Cl2NO2.ClH/c1-3-4-11-26-12-5-10-25-15-19-13-20(23)14-21(24)22(19)27-16-18-8-6-17(2)7-9-18;/h6-9,13-14,25H,3-5,10-12,15-16H2,1-2H3;1H. The van der Waals surface area contributed by atoms with Crippen LogP contribution in [0.3, 0.4) is 0 Å². The molecule has 0 unspecified atom stereocenters. The van der Waals surface area contributed by atoms with Crippen LogP contribution in [-0.2, 0) is 17.9 Å². The monoisotopic (exact) mass is 445 g/mol. The molecular weight excluding hydrogens is 417 g/mol. The fourth-order valence-electron chi connectivity index (χ4n) is 2.62. The van der Waals surface area contributed by atoms with Gasteiger partial charge in [0.05, 0.1) is 5.02 Å². The third-order valence-electron chi connectivity index (χ3n) is 4.19. The van der Waals surface area contributed by atoms with Crippen LogP contribution in [0, 0.1) is 6.92 Å². The van der Waals surface area contributed by atoms with Crippen molar-refractivity contribution >= 4 is 35.6 Å². The molecule has 2 rings (SSSR count). The molecule has 3 nitrogen and oxygen atoms in total. The molecule has 2 aromatic rings. The van der Waals surface area contributed by atoms with E-state index < -0.39 is 0 Å². The van der Waals surface area contributed by atoms with Gasteiger partial charge in [0.25, 0.3) is 0 Å². The van der Waals surface area contributed by atoms with E-state index in [2.05, 4.69) is 43.4 Å². The number of benzene rings is 2. The zero-order chi connectivity index (χ0) is 19.5. The zero-order valence-corrected chi connectivity index (χ0v) is 18.9. The van der Waals surface area contributed by atoms with Crippen molar-refractivity contribution in [2.45, 2.75) is 46.3 Å². The maximum atomic E-state index is 6.38. The van der Waals surface area contributed by atoms with Crippen LogP contribution in [0.2, 0.25) is 10.0 Å². The van der Waals surface area contributed by atoms with Gasteiger partial charge in [0.15, 0.2) is 0 Å². The van der Waals surface area contributed by atoms with Crippen molar-refractivity contribution in [3.8, 4) is 5.75 Å². The Morgan fingerprint density at radius 2 is 1.71 bits per heavy atom. The Hall–Kier alpha value is -0.970. The number of hydrogen-bond donors (Lipinski definition) is 1. The van der Waals surface area contributed by atoms with Crippen molar-refractivity contribution in [2.24, 2.45) is 0 Å². The molecule has 0 saturated carbocycles. The predicted molar refractivity (Wildman–Crippen MR) is 121 cm³/mol. The second kappa shape index (κ2) is 14.1. The van der Waals surface area contributed by atoms with Crippen molar-refractivity contribution in [1.29, 1.82) is 0 Å². The number of aryl methyl sites for hydroxylation is 1. The third kappa shape index (κ3) is 9.02. The van der Waals surface area contributed by atoms with E-state index in [1.54, 1.807) is 6.07 Å². The highest BCUT2D eigenvalue weighted by Crippen LogP contribution is 2.33. The van der Waals surface area contributed by atoms with Gasteiger partial charge in [-0.1, -0.05) is 66.4 Å². The SMILES string of the molecule is CCCCOCCCNCc1cc(Cl)cc(Cl)c1OCc1ccc(C)cc1.Cl. The van der Waals surface area contributed by atoms with Gasteiger partial charge in [0.2, 0.25) is 0 Å². The van der Waals surface area contributed by atoms with E-state index in [9.17, 15) is 0 Å². The number of hydrogen-bond acceptors (Lipinski definition) is 3. The van der Waals surface area contributed by atoms with E-state index in [1.165, 1.54) is 12.0 Å². The summed E-state index contributed by atoms with van der Waals surface area (Å²) in [6.45, 7) is 7.85. The summed E-state index contributed by atoms with van der Waals surface area (Å²) in [4.78, 5) is 0. The van der Waals surface area contributed by atoms with Crippen molar-refractivity contribution in [1.82, 2.24) is 5.32 Å². The first-order valence-electron chi connectivity index (χ1n) is 9.55. The van der Waals surface area contributed by atoms with E-state index in [1.807, 2.05) is 6.07 Å². The van der Waals surface area contributed by atoms with Gasteiger partial charge in [-0.2, -0.15) is 0 Å². The Kier molecular flexibility index (Phi) is 12.6. The van der Waals surface area contributed by atoms with Gasteiger partial charge in [0, 0.05) is 30.3 Å². The van der Waals surface area contributed by atoms with Crippen LogP contribution in [0.1, 0.15) is 42.9 Å². The number of rotatable bonds is 12. The predicted octanol–water partition coefficient (Wildman–Crippen LogP) is 6.60. The third-order valence-corrected chi connectivity index (χ3v) is 4.69. The molecule has 0 heterocycles. The average molecular weight is 447 g/mol. The molecular formula is C22H30Cl3NO2. The van der Waals surface area contributed by atoms with Crippen LogP contribution in [-0.4, -0.2) is 19.8 Å². The molecule has 0 saturated heterocycles. The molecule has 0 spiro atoms. The number of halogens is 3. The molecule has 2 aromatic carbocycles. The van der Waals surface area contributed by atoms with Gasteiger partial charge in [-0.15, -0.1) is 12.4 Å².